The van der Waals surface area contributed by atoms with Crippen LogP contribution < -0.4 is 15.2 Å². The summed E-state index contributed by atoms with van der Waals surface area (Å²) in [5.41, 5.74) is 1.07. The van der Waals surface area contributed by atoms with Crippen molar-refractivity contribution in [2.45, 2.75) is 17.9 Å². The third kappa shape index (κ3) is 6.04. The maximum Gasteiger partial charge on any atom is 0.238 e. The Morgan fingerprint density at radius 3 is 2.38 bits per heavy atom. The van der Waals surface area contributed by atoms with Crippen molar-refractivity contribution >= 4 is 10.0 Å². The van der Waals surface area contributed by atoms with E-state index in [2.05, 4.69) is 15.4 Å². The second-order valence-corrected chi connectivity index (χ2v) is 9.08. The van der Waals surface area contributed by atoms with Crippen molar-refractivity contribution in [1.29, 1.82) is 0 Å². The van der Waals surface area contributed by atoms with E-state index >= 15 is 0 Å². The first-order valence-electron chi connectivity index (χ1n) is 10.6. The van der Waals surface area contributed by atoms with Gasteiger partial charge in [0.25, 0.3) is 0 Å². The molecule has 0 fully saturated rings. The van der Waals surface area contributed by atoms with Gasteiger partial charge in [0.2, 0.25) is 10.0 Å². The molecule has 3 aromatic carbocycles. The first kappa shape index (κ1) is 23.6. The number of nitrogens with zero attached hydrogens (tertiary/aromatic N) is 3. The molecule has 1 aromatic heterocycles. The van der Waals surface area contributed by atoms with Gasteiger partial charge in [0.15, 0.2) is 5.82 Å². The lowest BCUT2D eigenvalue weighted by atomic mass is 10.1. The Labute approximate surface area is 197 Å². The second-order valence-electron chi connectivity index (χ2n) is 7.51. The summed E-state index contributed by atoms with van der Waals surface area (Å²) in [7, 11) is -4.02. The molecule has 3 N–H and O–H groups in total. The number of benzene rings is 3. The van der Waals surface area contributed by atoms with Crippen molar-refractivity contribution < 1.29 is 17.5 Å². The van der Waals surface area contributed by atoms with Gasteiger partial charge in [-0.3, -0.25) is 0 Å². The zero-order valence-electron chi connectivity index (χ0n) is 18.3. The van der Waals surface area contributed by atoms with Gasteiger partial charge in [-0.25, -0.2) is 27.6 Å². The van der Waals surface area contributed by atoms with E-state index in [0.717, 1.165) is 17.4 Å². The molecule has 0 bridgehead atoms. The Bertz CT molecular complexity index is 1350. The molecule has 0 amide bonds. The van der Waals surface area contributed by atoms with Crippen LogP contribution in [0.3, 0.4) is 0 Å². The van der Waals surface area contributed by atoms with E-state index < -0.39 is 15.8 Å². The fourth-order valence-electron chi connectivity index (χ4n) is 3.35. The number of nitrogens with one attached hydrogen (secondary N) is 1. The first-order chi connectivity index (χ1) is 16.4. The normalized spacial score (nSPS) is 11.5. The lowest BCUT2D eigenvalue weighted by Crippen LogP contribution is -2.21. The Balaban J connectivity index is 1.51. The molecule has 0 aliphatic carbocycles. The highest BCUT2D eigenvalue weighted by atomic mass is 32.2. The molecule has 0 atom stereocenters. The van der Waals surface area contributed by atoms with Crippen LogP contribution in [-0.4, -0.2) is 36.3 Å². The second kappa shape index (κ2) is 10.6. The van der Waals surface area contributed by atoms with Crippen LogP contribution in [0.1, 0.15) is 17.2 Å². The van der Waals surface area contributed by atoms with Crippen LogP contribution in [0.4, 0.5) is 4.39 Å². The number of sulfonamides is 1. The molecule has 10 heteroatoms. The van der Waals surface area contributed by atoms with E-state index in [4.69, 9.17) is 9.88 Å². The molecule has 34 heavy (non-hydrogen) atoms. The van der Waals surface area contributed by atoms with E-state index in [1.165, 1.54) is 16.8 Å². The molecule has 176 valence electrons. The summed E-state index contributed by atoms with van der Waals surface area (Å²) in [6.45, 7) is 1.38. The molecular weight excluding hydrogens is 457 g/mol. The van der Waals surface area contributed by atoms with Crippen molar-refractivity contribution in [1.82, 2.24) is 20.1 Å². The fourth-order valence-corrected chi connectivity index (χ4v) is 3.87. The number of halogens is 1. The van der Waals surface area contributed by atoms with Crippen LogP contribution in [0.5, 0.6) is 5.75 Å². The monoisotopic (exact) mass is 481 g/mol. The number of primary sulfonamides is 1. The molecular formula is C24H24FN5O3S. The summed E-state index contributed by atoms with van der Waals surface area (Å²) in [4.78, 5) is 4.28. The molecule has 0 saturated heterocycles. The third-order valence-electron chi connectivity index (χ3n) is 4.97. The van der Waals surface area contributed by atoms with Gasteiger partial charge in [0.05, 0.1) is 11.4 Å². The van der Waals surface area contributed by atoms with Gasteiger partial charge in [0, 0.05) is 13.0 Å². The predicted molar refractivity (Wildman–Crippen MR) is 126 cm³/mol. The summed E-state index contributed by atoms with van der Waals surface area (Å²) in [5.74, 6) is 1.02. The molecule has 0 radical (unpaired) electrons. The topological polar surface area (TPSA) is 112 Å². The third-order valence-corrected chi connectivity index (χ3v) is 5.88. The fraction of sp³-hybridized carbons (Fsp3) is 0.167. The van der Waals surface area contributed by atoms with Gasteiger partial charge < -0.3 is 10.1 Å². The average Bonchev–Trinajstić information content (AvgIpc) is 3.21. The molecule has 1 heterocycles. The van der Waals surface area contributed by atoms with Crippen LogP contribution >= 0.6 is 0 Å². The average molecular weight is 482 g/mol. The maximum absolute atomic E-state index is 14.9. The number of nitrogens with two attached hydrogens (primary N) is 1. The van der Waals surface area contributed by atoms with Gasteiger partial charge in [-0.15, -0.1) is 5.10 Å². The zero-order valence-corrected chi connectivity index (χ0v) is 19.1. The van der Waals surface area contributed by atoms with Crippen LogP contribution in [0.2, 0.25) is 0 Å². The highest BCUT2D eigenvalue weighted by Crippen LogP contribution is 2.20. The Morgan fingerprint density at radius 2 is 1.71 bits per heavy atom. The van der Waals surface area contributed by atoms with E-state index in [0.29, 0.717) is 37.8 Å². The highest BCUT2D eigenvalue weighted by Gasteiger charge is 2.18. The summed E-state index contributed by atoms with van der Waals surface area (Å²) >= 11 is 0. The highest BCUT2D eigenvalue weighted by molar-refractivity contribution is 7.89. The molecule has 0 aliphatic heterocycles. The van der Waals surface area contributed by atoms with Crippen LogP contribution in [0, 0.1) is 5.82 Å². The summed E-state index contributed by atoms with van der Waals surface area (Å²) in [5, 5.41) is 12.8. The van der Waals surface area contributed by atoms with E-state index in [1.807, 2.05) is 60.7 Å². The molecule has 0 unspecified atom stereocenters. The molecule has 0 saturated carbocycles. The number of para-hydroxylation sites is 1. The summed E-state index contributed by atoms with van der Waals surface area (Å²) in [6, 6.07) is 22.6. The maximum atomic E-state index is 14.9. The number of ether oxygens (including phenoxy) is 1. The number of aromatic nitrogens is 3. The van der Waals surface area contributed by atoms with Crippen molar-refractivity contribution in [2.75, 3.05) is 13.2 Å². The summed E-state index contributed by atoms with van der Waals surface area (Å²) in [6.07, 6.45) is 0.418. The molecule has 0 spiro atoms. The van der Waals surface area contributed by atoms with Crippen molar-refractivity contribution in [3.63, 3.8) is 0 Å². The van der Waals surface area contributed by atoms with Gasteiger partial charge in [0.1, 0.15) is 29.7 Å². The number of rotatable bonds is 10. The van der Waals surface area contributed by atoms with E-state index in [1.54, 1.807) is 0 Å². The Kier molecular flexibility index (Phi) is 7.31. The van der Waals surface area contributed by atoms with E-state index in [-0.39, 0.29) is 10.6 Å². The largest absolute Gasteiger partial charge is 0.492 e. The van der Waals surface area contributed by atoms with Crippen LogP contribution in [0.15, 0.2) is 83.8 Å². The van der Waals surface area contributed by atoms with Gasteiger partial charge >= 0.3 is 0 Å². The lowest BCUT2D eigenvalue weighted by Gasteiger charge is -2.08. The number of hydrogen-bond donors (Lipinski definition) is 2. The minimum atomic E-state index is -4.02. The minimum Gasteiger partial charge on any atom is -0.492 e. The van der Waals surface area contributed by atoms with Crippen molar-refractivity contribution in [3.05, 3.63) is 102 Å². The Hall–Kier alpha value is -3.60. The first-order valence-corrected chi connectivity index (χ1v) is 12.1. The Morgan fingerprint density at radius 1 is 1.00 bits per heavy atom. The molecule has 8 nitrogen and oxygen atoms in total. The zero-order chi connectivity index (χ0) is 24.0. The van der Waals surface area contributed by atoms with Gasteiger partial charge in [-0.2, -0.15) is 0 Å². The van der Waals surface area contributed by atoms with Gasteiger partial charge in [-0.1, -0.05) is 48.5 Å². The summed E-state index contributed by atoms with van der Waals surface area (Å²) < 4.78 is 45.1. The molecule has 4 rings (SSSR count). The smallest absolute Gasteiger partial charge is 0.238 e. The van der Waals surface area contributed by atoms with Crippen molar-refractivity contribution in [2.24, 2.45) is 5.14 Å². The quantitative estimate of drug-likeness (QED) is 0.337. The minimum absolute atomic E-state index is 0.0875. The predicted octanol–water partition coefficient (Wildman–Crippen LogP) is 2.81. The van der Waals surface area contributed by atoms with Crippen LogP contribution in [0.25, 0.3) is 5.69 Å². The van der Waals surface area contributed by atoms with Crippen molar-refractivity contribution in [3.8, 4) is 11.4 Å². The van der Waals surface area contributed by atoms with Gasteiger partial charge in [-0.05, 0) is 35.9 Å². The lowest BCUT2D eigenvalue weighted by molar-refractivity contribution is 0.313. The standard InChI is InChI=1S/C24H24FN5O3S/c25-21-16-20(34(26,31)32)11-12-22(21)30-24(15-18-7-3-1-4-8-18)28-23(29-30)17-27-13-14-33-19-9-5-2-6-10-19/h1-12,16,27H,13-15,17H2,(H2,26,31,32). The van der Waals surface area contributed by atoms with E-state index in [9.17, 15) is 12.8 Å². The van der Waals surface area contributed by atoms with Crippen LogP contribution in [-0.2, 0) is 23.0 Å². The molecule has 0 aliphatic rings. The number of hydrogen-bond acceptors (Lipinski definition) is 6. The SMILES string of the molecule is NS(=O)(=O)c1ccc(-n2nc(CNCCOc3ccccc3)nc2Cc2ccccc2)c(F)c1. The molecule has 4 aromatic rings.